The largest absolute Gasteiger partial charge is 0.435 e. The van der Waals surface area contributed by atoms with Crippen molar-refractivity contribution in [1.82, 2.24) is 10.2 Å². The van der Waals surface area contributed by atoms with Crippen LogP contribution in [0.1, 0.15) is 34.9 Å². The Hall–Kier alpha value is -2.44. The van der Waals surface area contributed by atoms with E-state index in [0.717, 1.165) is 18.5 Å². The Bertz CT molecular complexity index is 636. The first-order valence-corrected chi connectivity index (χ1v) is 6.53. The number of H-pyrrole nitrogens is 1. The molecule has 1 amide bonds. The van der Waals surface area contributed by atoms with Crippen molar-refractivity contribution in [3.8, 4) is 5.75 Å². The third kappa shape index (κ3) is 3.36. The maximum Gasteiger partial charge on any atom is 0.387 e. The third-order valence-corrected chi connectivity index (χ3v) is 3.18. The van der Waals surface area contributed by atoms with Gasteiger partial charge in [-0.05, 0) is 43.2 Å². The van der Waals surface area contributed by atoms with E-state index in [0.29, 0.717) is 17.3 Å². The van der Waals surface area contributed by atoms with Crippen LogP contribution in [0, 0.1) is 0 Å². The quantitative estimate of drug-likeness (QED) is 0.890. The van der Waals surface area contributed by atoms with Crippen LogP contribution >= 0.6 is 0 Å². The van der Waals surface area contributed by atoms with Gasteiger partial charge >= 0.3 is 6.61 Å². The van der Waals surface area contributed by atoms with Crippen molar-refractivity contribution in [2.75, 3.05) is 5.32 Å². The van der Waals surface area contributed by atoms with Crippen molar-refractivity contribution in [2.24, 2.45) is 0 Å². The smallest absolute Gasteiger partial charge is 0.387 e. The molecule has 0 aliphatic heterocycles. The molecule has 1 fully saturated rings. The molecule has 2 N–H and O–H groups in total. The van der Waals surface area contributed by atoms with Crippen LogP contribution in [0.15, 0.2) is 30.3 Å². The van der Waals surface area contributed by atoms with Crippen LogP contribution in [-0.4, -0.2) is 22.7 Å². The van der Waals surface area contributed by atoms with E-state index in [2.05, 4.69) is 20.3 Å². The fourth-order valence-electron chi connectivity index (χ4n) is 1.97. The molecule has 3 rings (SSSR count). The highest BCUT2D eigenvalue weighted by Crippen LogP contribution is 2.39. The molecular weight excluding hydrogens is 280 g/mol. The Morgan fingerprint density at radius 1 is 1.33 bits per heavy atom. The van der Waals surface area contributed by atoms with Crippen LogP contribution in [0.2, 0.25) is 0 Å². The second-order valence-electron chi connectivity index (χ2n) is 4.84. The topological polar surface area (TPSA) is 67.0 Å². The van der Waals surface area contributed by atoms with Crippen LogP contribution in [0.25, 0.3) is 0 Å². The molecule has 2 aromatic rings. The first kappa shape index (κ1) is 13.5. The normalized spacial score (nSPS) is 14.2. The van der Waals surface area contributed by atoms with E-state index < -0.39 is 6.61 Å². The van der Waals surface area contributed by atoms with Gasteiger partial charge in [-0.15, -0.1) is 0 Å². The molecule has 21 heavy (non-hydrogen) atoms. The van der Waals surface area contributed by atoms with E-state index in [4.69, 9.17) is 0 Å². The van der Waals surface area contributed by atoms with Gasteiger partial charge in [0.2, 0.25) is 0 Å². The van der Waals surface area contributed by atoms with Gasteiger partial charge in [-0.2, -0.15) is 13.9 Å². The fourth-order valence-corrected chi connectivity index (χ4v) is 1.97. The number of nitrogens with one attached hydrogen (secondary N) is 2. The molecule has 1 aromatic heterocycles. The molecule has 0 spiro atoms. The molecule has 0 saturated heterocycles. The molecule has 0 radical (unpaired) electrons. The lowest BCUT2D eigenvalue weighted by Crippen LogP contribution is -2.12. The predicted octanol–water partition coefficient (Wildman–Crippen LogP) is 3.14. The Balaban J connectivity index is 1.63. The minimum Gasteiger partial charge on any atom is -0.435 e. The lowest BCUT2D eigenvalue weighted by molar-refractivity contribution is -0.0498. The number of ether oxygens (including phenoxy) is 1. The lowest BCUT2D eigenvalue weighted by atomic mass is 10.2. The summed E-state index contributed by atoms with van der Waals surface area (Å²) >= 11 is 0. The average Bonchev–Trinajstić information content (AvgIpc) is 3.18. The number of hydrogen-bond acceptors (Lipinski definition) is 3. The highest BCUT2D eigenvalue weighted by atomic mass is 19.3. The number of carbonyl (C=O) groups excluding carboxylic acids is 1. The van der Waals surface area contributed by atoms with E-state index in [9.17, 15) is 13.6 Å². The Morgan fingerprint density at radius 2 is 2.05 bits per heavy atom. The van der Waals surface area contributed by atoms with Crippen LogP contribution in [0.3, 0.4) is 0 Å². The summed E-state index contributed by atoms with van der Waals surface area (Å²) in [7, 11) is 0. The zero-order chi connectivity index (χ0) is 14.8. The van der Waals surface area contributed by atoms with Gasteiger partial charge in [-0.3, -0.25) is 9.89 Å². The average molecular weight is 293 g/mol. The number of aromatic nitrogens is 2. The Labute approximate surface area is 119 Å². The molecule has 1 heterocycles. The number of anilines is 1. The molecule has 110 valence electrons. The summed E-state index contributed by atoms with van der Waals surface area (Å²) in [5.41, 5.74) is 1.77. The van der Waals surface area contributed by atoms with Gasteiger partial charge in [-0.25, -0.2) is 0 Å². The summed E-state index contributed by atoms with van der Waals surface area (Å²) in [6, 6.07) is 7.44. The monoisotopic (exact) mass is 293 g/mol. The maximum absolute atomic E-state index is 12.0. The second-order valence-corrected chi connectivity index (χ2v) is 4.84. The molecule has 1 aromatic carbocycles. The summed E-state index contributed by atoms with van der Waals surface area (Å²) in [5, 5.41) is 9.47. The predicted molar refractivity (Wildman–Crippen MR) is 71.6 cm³/mol. The zero-order valence-corrected chi connectivity index (χ0v) is 11.0. The highest BCUT2D eigenvalue weighted by Gasteiger charge is 2.26. The molecule has 1 aliphatic carbocycles. The fraction of sp³-hybridized carbons (Fsp3) is 0.286. The van der Waals surface area contributed by atoms with Crippen LogP contribution in [0.4, 0.5) is 14.5 Å². The van der Waals surface area contributed by atoms with Crippen molar-refractivity contribution in [2.45, 2.75) is 25.4 Å². The van der Waals surface area contributed by atoms with E-state index in [1.165, 1.54) is 24.3 Å². The van der Waals surface area contributed by atoms with Crippen molar-refractivity contribution in [3.63, 3.8) is 0 Å². The minimum atomic E-state index is -2.87. The number of amides is 1. The number of alkyl halides is 2. The first-order chi connectivity index (χ1) is 10.1. The van der Waals surface area contributed by atoms with E-state index in [-0.39, 0.29) is 11.7 Å². The molecule has 0 atom stereocenters. The van der Waals surface area contributed by atoms with Gasteiger partial charge in [0.05, 0.1) is 0 Å². The lowest BCUT2D eigenvalue weighted by Gasteiger charge is -2.06. The number of nitrogens with zero attached hydrogens (tertiary/aromatic N) is 1. The van der Waals surface area contributed by atoms with Gasteiger partial charge in [0, 0.05) is 17.3 Å². The number of hydrogen-bond donors (Lipinski definition) is 2. The summed E-state index contributed by atoms with van der Waals surface area (Å²) in [4.78, 5) is 12.0. The van der Waals surface area contributed by atoms with E-state index >= 15 is 0 Å². The summed E-state index contributed by atoms with van der Waals surface area (Å²) in [6.07, 6.45) is 2.24. The van der Waals surface area contributed by atoms with Gasteiger partial charge in [0.25, 0.3) is 5.91 Å². The van der Waals surface area contributed by atoms with Crippen molar-refractivity contribution in [3.05, 3.63) is 41.7 Å². The maximum atomic E-state index is 12.0. The van der Waals surface area contributed by atoms with Crippen LogP contribution in [0.5, 0.6) is 5.75 Å². The van der Waals surface area contributed by atoms with Crippen molar-refractivity contribution >= 4 is 11.6 Å². The minimum absolute atomic E-state index is 0.0405. The van der Waals surface area contributed by atoms with Gasteiger partial charge < -0.3 is 10.1 Å². The van der Waals surface area contributed by atoms with Gasteiger partial charge in [-0.1, -0.05) is 0 Å². The van der Waals surface area contributed by atoms with Crippen molar-refractivity contribution < 1.29 is 18.3 Å². The molecule has 0 unspecified atom stereocenters. The second kappa shape index (κ2) is 5.51. The number of rotatable bonds is 5. The Morgan fingerprint density at radius 3 is 2.67 bits per heavy atom. The third-order valence-electron chi connectivity index (χ3n) is 3.18. The van der Waals surface area contributed by atoms with Crippen LogP contribution in [-0.2, 0) is 0 Å². The zero-order valence-electron chi connectivity index (χ0n) is 11.0. The van der Waals surface area contributed by atoms with Crippen LogP contribution < -0.4 is 10.1 Å². The standard InChI is InChI=1S/C14H13F2N3O2/c15-14(16)21-10-5-3-9(4-6-10)17-13(20)12-7-11(18-19-12)8-1-2-8/h3-8,14H,1-2H2,(H,17,20)(H,18,19). The first-order valence-electron chi connectivity index (χ1n) is 6.53. The Kier molecular flexibility index (Phi) is 3.55. The molecular formula is C14H13F2N3O2. The SMILES string of the molecule is O=C(Nc1ccc(OC(F)F)cc1)c1cc(C2CC2)[nH]n1. The van der Waals surface area contributed by atoms with Gasteiger partial charge in [0.15, 0.2) is 5.69 Å². The summed E-state index contributed by atoms with van der Waals surface area (Å²) < 4.78 is 28.3. The van der Waals surface area contributed by atoms with E-state index in [1.807, 2.05) is 0 Å². The van der Waals surface area contributed by atoms with Crippen molar-refractivity contribution in [1.29, 1.82) is 0 Å². The molecule has 5 nitrogen and oxygen atoms in total. The number of halogens is 2. The summed E-state index contributed by atoms with van der Waals surface area (Å²) in [5.74, 6) is 0.185. The number of benzene rings is 1. The molecule has 1 saturated carbocycles. The molecule has 7 heteroatoms. The summed E-state index contributed by atoms with van der Waals surface area (Å²) in [6.45, 7) is -2.87. The number of aromatic amines is 1. The molecule has 1 aliphatic rings. The molecule has 0 bridgehead atoms. The highest BCUT2D eigenvalue weighted by molar-refractivity contribution is 6.02. The number of carbonyl (C=O) groups is 1. The van der Waals surface area contributed by atoms with Gasteiger partial charge in [0.1, 0.15) is 5.75 Å². The van der Waals surface area contributed by atoms with E-state index in [1.54, 1.807) is 6.07 Å².